The molecule has 0 saturated heterocycles. The van der Waals surface area contributed by atoms with Crippen LogP contribution < -0.4 is 0 Å². The van der Waals surface area contributed by atoms with E-state index in [1.165, 1.54) is 0 Å². The van der Waals surface area contributed by atoms with E-state index in [1.807, 2.05) is 6.92 Å². The van der Waals surface area contributed by atoms with Gasteiger partial charge in [-0.1, -0.05) is 6.92 Å². The number of hydrogen-bond donors (Lipinski definition) is 3. The molecule has 0 aromatic rings. The van der Waals surface area contributed by atoms with Crippen molar-refractivity contribution in [2.75, 3.05) is 0 Å². The third kappa shape index (κ3) is 0.351. The Hall–Kier alpha value is -0.120. The molecule has 2 saturated carbocycles. The molecule has 2 aliphatic carbocycles. The van der Waals surface area contributed by atoms with Crippen molar-refractivity contribution in [3.63, 3.8) is 0 Å². The van der Waals surface area contributed by atoms with Gasteiger partial charge in [0.1, 0.15) is 5.60 Å². The fraction of sp³-hybridized carbons (Fsp3) is 1.00. The molecular formula is C6H10O3. The van der Waals surface area contributed by atoms with Gasteiger partial charge >= 0.3 is 0 Å². The molecular weight excluding hydrogens is 120 g/mol. The molecule has 0 spiro atoms. The van der Waals surface area contributed by atoms with E-state index in [0.717, 1.165) is 0 Å². The molecule has 3 nitrogen and oxygen atoms in total. The second-order valence-electron chi connectivity index (χ2n) is 3.16. The highest BCUT2D eigenvalue weighted by molar-refractivity contribution is 5.29. The monoisotopic (exact) mass is 130 g/mol. The van der Waals surface area contributed by atoms with Gasteiger partial charge in [0.05, 0.1) is 12.2 Å². The molecule has 0 aliphatic heterocycles. The lowest BCUT2D eigenvalue weighted by atomic mass is 9.81. The van der Waals surface area contributed by atoms with Gasteiger partial charge < -0.3 is 15.3 Å². The zero-order chi connectivity index (χ0) is 6.81. The normalized spacial score (nSPS) is 70.7. The molecule has 0 heterocycles. The quantitative estimate of drug-likeness (QED) is 0.382. The number of hydrogen-bond acceptors (Lipinski definition) is 3. The molecule has 0 aromatic carbocycles. The summed E-state index contributed by atoms with van der Waals surface area (Å²) in [6.07, 6.45) is -1.36. The van der Waals surface area contributed by atoms with Gasteiger partial charge in [0, 0.05) is 5.92 Å². The highest BCUT2D eigenvalue weighted by atomic mass is 16.4. The molecule has 2 rings (SSSR count). The molecule has 3 N–H and O–H groups in total. The van der Waals surface area contributed by atoms with Crippen LogP contribution in [0.3, 0.4) is 0 Å². The Morgan fingerprint density at radius 1 is 1.22 bits per heavy atom. The van der Waals surface area contributed by atoms with Gasteiger partial charge in [0.15, 0.2) is 0 Å². The third-order valence-corrected chi connectivity index (χ3v) is 2.78. The standard InChI is InChI=1S/C6H10O3/c1-2-3-5(8)6(3,9)4(2)7/h2-5,7-9H,1H3/t2?,3?,4?,5?,6-/m0/s1. The third-order valence-electron chi connectivity index (χ3n) is 2.78. The van der Waals surface area contributed by atoms with E-state index in [2.05, 4.69) is 0 Å². The molecule has 2 aliphatic rings. The first-order chi connectivity index (χ1) is 4.10. The fourth-order valence-corrected chi connectivity index (χ4v) is 1.98. The highest BCUT2D eigenvalue weighted by Gasteiger charge is 2.79. The summed E-state index contributed by atoms with van der Waals surface area (Å²) >= 11 is 0. The summed E-state index contributed by atoms with van der Waals surface area (Å²) in [6.45, 7) is 1.83. The summed E-state index contributed by atoms with van der Waals surface area (Å²) in [4.78, 5) is 0. The van der Waals surface area contributed by atoms with E-state index in [9.17, 15) is 5.11 Å². The van der Waals surface area contributed by atoms with Crippen LogP contribution in [0.5, 0.6) is 0 Å². The van der Waals surface area contributed by atoms with Crippen LogP contribution in [0.1, 0.15) is 6.92 Å². The molecule has 4 unspecified atom stereocenters. The summed E-state index contributed by atoms with van der Waals surface area (Å²) in [7, 11) is 0. The van der Waals surface area contributed by atoms with Crippen LogP contribution in [0.15, 0.2) is 0 Å². The summed E-state index contributed by atoms with van der Waals surface area (Å²) in [5.74, 6) is 0.0255. The fourth-order valence-electron chi connectivity index (χ4n) is 1.98. The van der Waals surface area contributed by atoms with Crippen LogP contribution in [0.2, 0.25) is 0 Å². The first-order valence-corrected chi connectivity index (χ1v) is 3.18. The summed E-state index contributed by atoms with van der Waals surface area (Å²) in [6, 6.07) is 0. The smallest absolute Gasteiger partial charge is 0.123 e. The highest BCUT2D eigenvalue weighted by Crippen LogP contribution is 2.62. The van der Waals surface area contributed by atoms with Crippen molar-refractivity contribution in [2.45, 2.75) is 24.7 Å². The maximum Gasteiger partial charge on any atom is 0.123 e. The molecule has 0 amide bonds. The lowest BCUT2D eigenvalue weighted by Gasteiger charge is -2.33. The zero-order valence-corrected chi connectivity index (χ0v) is 5.15. The molecule has 5 atom stereocenters. The van der Waals surface area contributed by atoms with E-state index in [0.29, 0.717) is 0 Å². The van der Waals surface area contributed by atoms with E-state index in [1.54, 1.807) is 0 Å². The van der Waals surface area contributed by atoms with Gasteiger partial charge in [0.25, 0.3) is 0 Å². The average molecular weight is 130 g/mol. The van der Waals surface area contributed by atoms with Crippen LogP contribution >= 0.6 is 0 Å². The van der Waals surface area contributed by atoms with E-state index in [4.69, 9.17) is 10.2 Å². The second-order valence-corrected chi connectivity index (χ2v) is 3.16. The van der Waals surface area contributed by atoms with E-state index >= 15 is 0 Å². The van der Waals surface area contributed by atoms with E-state index in [-0.39, 0.29) is 11.8 Å². The van der Waals surface area contributed by atoms with Crippen LogP contribution in [0.25, 0.3) is 0 Å². The first kappa shape index (κ1) is 5.65. The van der Waals surface area contributed by atoms with Crippen LogP contribution in [-0.2, 0) is 0 Å². The van der Waals surface area contributed by atoms with Crippen molar-refractivity contribution >= 4 is 0 Å². The summed E-state index contributed by atoms with van der Waals surface area (Å²) < 4.78 is 0. The Bertz CT molecular complexity index is 145. The van der Waals surface area contributed by atoms with Crippen molar-refractivity contribution in [1.29, 1.82) is 0 Å². The Kier molecular flexibility index (Phi) is 0.732. The number of fused-ring (bicyclic) bond motifs is 1. The molecule has 3 heteroatoms. The maximum atomic E-state index is 9.19. The van der Waals surface area contributed by atoms with Gasteiger partial charge in [0.2, 0.25) is 0 Å². The predicted octanol–water partition coefficient (Wildman–Crippen LogP) is -1.28. The van der Waals surface area contributed by atoms with Crippen LogP contribution in [0.4, 0.5) is 0 Å². The minimum absolute atomic E-state index is 0.0486. The second kappa shape index (κ2) is 1.17. The minimum Gasteiger partial charge on any atom is -0.390 e. The largest absolute Gasteiger partial charge is 0.390 e. The average Bonchev–Trinajstić information content (AvgIpc) is 2.33. The molecule has 0 aromatic heterocycles. The predicted molar refractivity (Wildman–Crippen MR) is 29.6 cm³/mol. The van der Waals surface area contributed by atoms with Gasteiger partial charge in [-0.05, 0) is 5.92 Å². The summed E-state index contributed by atoms with van der Waals surface area (Å²) in [5.41, 5.74) is -1.11. The van der Waals surface area contributed by atoms with Crippen molar-refractivity contribution < 1.29 is 15.3 Å². The van der Waals surface area contributed by atoms with Crippen LogP contribution in [0, 0.1) is 11.8 Å². The van der Waals surface area contributed by atoms with Crippen molar-refractivity contribution in [1.82, 2.24) is 0 Å². The van der Waals surface area contributed by atoms with Crippen molar-refractivity contribution in [2.24, 2.45) is 11.8 Å². The minimum atomic E-state index is -1.11. The Morgan fingerprint density at radius 2 is 1.78 bits per heavy atom. The Balaban J connectivity index is 2.19. The zero-order valence-electron chi connectivity index (χ0n) is 5.15. The number of aliphatic hydroxyl groups excluding tert-OH is 2. The Morgan fingerprint density at radius 3 is 1.89 bits per heavy atom. The molecule has 2 fully saturated rings. The van der Waals surface area contributed by atoms with Crippen LogP contribution in [-0.4, -0.2) is 33.1 Å². The van der Waals surface area contributed by atoms with Crippen molar-refractivity contribution in [3.05, 3.63) is 0 Å². The maximum absolute atomic E-state index is 9.19. The van der Waals surface area contributed by atoms with Gasteiger partial charge in [-0.25, -0.2) is 0 Å². The molecule has 0 radical (unpaired) electrons. The van der Waals surface area contributed by atoms with Gasteiger partial charge in [-0.15, -0.1) is 0 Å². The SMILES string of the molecule is CC1C(O)[C@]2(O)C(O)C12. The topological polar surface area (TPSA) is 60.7 Å². The van der Waals surface area contributed by atoms with Gasteiger partial charge in [-0.2, -0.15) is 0 Å². The molecule has 9 heavy (non-hydrogen) atoms. The number of aliphatic hydroxyl groups is 3. The lowest BCUT2D eigenvalue weighted by molar-refractivity contribution is -0.113. The van der Waals surface area contributed by atoms with Gasteiger partial charge in [-0.3, -0.25) is 0 Å². The van der Waals surface area contributed by atoms with E-state index < -0.39 is 17.8 Å². The lowest BCUT2D eigenvalue weighted by Crippen LogP contribution is -2.47. The Labute approximate surface area is 52.9 Å². The number of rotatable bonds is 0. The van der Waals surface area contributed by atoms with Crippen molar-refractivity contribution in [3.8, 4) is 0 Å². The molecule has 0 bridgehead atoms. The summed E-state index contributed by atoms with van der Waals surface area (Å²) in [5, 5.41) is 27.2. The molecule has 52 valence electrons. The first-order valence-electron chi connectivity index (χ1n) is 3.18.